The number of carbonyl (C=O) groups excluding carboxylic acids is 3. The minimum Gasteiger partial charge on any atom is -0.493 e. The number of carbonyl (C=O) groups is 3. The largest absolute Gasteiger partial charge is 0.493 e. The van der Waals surface area contributed by atoms with Crippen molar-refractivity contribution < 1.29 is 23.9 Å². The van der Waals surface area contributed by atoms with Gasteiger partial charge in [-0.2, -0.15) is 0 Å². The van der Waals surface area contributed by atoms with Crippen LogP contribution in [0.3, 0.4) is 0 Å². The lowest BCUT2D eigenvalue weighted by Gasteiger charge is -2.18. The normalized spacial score (nSPS) is 17.8. The van der Waals surface area contributed by atoms with Gasteiger partial charge in [-0.05, 0) is 48.4 Å². The molecule has 2 heterocycles. The number of ether oxygens (including phenoxy) is 2. The number of halogens is 1. The van der Waals surface area contributed by atoms with Gasteiger partial charge in [0.1, 0.15) is 13.2 Å². The van der Waals surface area contributed by atoms with Crippen molar-refractivity contribution >= 4 is 46.5 Å². The Morgan fingerprint density at radius 3 is 2.72 bits per heavy atom. The molecule has 1 aromatic carbocycles. The second-order valence-corrected chi connectivity index (χ2v) is 7.78. The van der Waals surface area contributed by atoms with Crippen molar-refractivity contribution in [2.75, 3.05) is 33.4 Å². The van der Waals surface area contributed by atoms with Crippen molar-refractivity contribution in [3.05, 3.63) is 27.6 Å². The van der Waals surface area contributed by atoms with Crippen LogP contribution in [0.5, 0.6) is 11.5 Å². The maximum atomic E-state index is 12.7. The predicted octanol–water partition coefficient (Wildman–Crippen LogP) is 3.02. The van der Waals surface area contributed by atoms with Crippen LogP contribution in [0.2, 0.25) is 5.02 Å². The molecule has 0 unspecified atom stereocenters. The summed E-state index contributed by atoms with van der Waals surface area (Å²) >= 11 is 7.03. The number of hydrogen-bond donors (Lipinski definition) is 0. The molecule has 3 amide bonds. The summed E-state index contributed by atoms with van der Waals surface area (Å²) in [5.74, 6) is 2.28. The third kappa shape index (κ3) is 4.69. The molecule has 9 heteroatoms. The highest BCUT2D eigenvalue weighted by Crippen LogP contribution is 2.39. The van der Waals surface area contributed by atoms with Gasteiger partial charge in [0.05, 0.1) is 17.0 Å². The molecule has 152 valence electrons. The highest BCUT2D eigenvalue weighted by atomic mass is 35.5. The van der Waals surface area contributed by atoms with E-state index in [1.54, 1.807) is 17.0 Å². The minimum absolute atomic E-state index is 0.0271. The lowest BCUT2D eigenvalue weighted by Crippen LogP contribution is -2.40. The molecule has 2 saturated heterocycles. The topological polar surface area (TPSA) is 76.2 Å². The number of amides is 3. The summed E-state index contributed by atoms with van der Waals surface area (Å²) in [4.78, 5) is 40.1. The smallest absolute Gasteiger partial charge is 0.294 e. The molecule has 1 aromatic rings. The third-order valence-electron chi connectivity index (χ3n) is 4.48. The van der Waals surface area contributed by atoms with Gasteiger partial charge < -0.3 is 14.4 Å². The molecule has 2 fully saturated rings. The number of nitrogens with zero attached hydrogens (tertiary/aromatic N) is 2. The summed E-state index contributed by atoms with van der Waals surface area (Å²) in [6, 6.07) is 3.21. The average Bonchev–Trinajstić information content (AvgIpc) is 3.32. The van der Waals surface area contributed by atoms with E-state index in [4.69, 9.17) is 27.5 Å². The van der Waals surface area contributed by atoms with Gasteiger partial charge >= 0.3 is 0 Å². The van der Waals surface area contributed by atoms with Gasteiger partial charge in [0.25, 0.3) is 11.1 Å². The van der Waals surface area contributed by atoms with Crippen molar-refractivity contribution in [3.8, 4) is 23.8 Å². The van der Waals surface area contributed by atoms with Crippen molar-refractivity contribution in [2.24, 2.45) is 0 Å². The Labute approximate surface area is 177 Å². The van der Waals surface area contributed by atoms with Gasteiger partial charge in [-0.15, -0.1) is 6.42 Å². The van der Waals surface area contributed by atoms with E-state index in [9.17, 15) is 14.4 Å². The fraction of sp³-hybridized carbons (Fsp3) is 0.350. The summed E-state index contributed by atoms with van der Waals surface area (Å²) in [5, 5.41) is -0.213. The van der Waals surface area contributed by atoms with E-state index in [-0.39, 0.29) is 29.0 Å². The standard InChI is InChI=1S/C20H19ClN2O5S/c1-3-8-28-18-14(21)9-13(10-15(18)27-2)11-16-19(25)23(20(26)29-16)12-17(24)22-6-4-5-7-22/h1,9-11H,4-8,12H2,2H3. The van der Waals surface area contributed by atoms with Crippen molar-refractivity contribution in [2.45, 2.75) is 12.8 Å². The van der Waals surface area contributed by atoms with E-state index >= 15 is 0 Å². The molecule has 0 aliphatic carbocycles. The molecular weight excluding hydrogens is 416 g/mol. The Morgan fingerprint density at radius 1 is 1.34 bits per heavy atom. The number of imide groups is 1. The lowest BCUT2D eigenvalue weighted by atomic mass is 10.1. The molecule has 2 aliphatic rings. The van der Waals surface area contributed by atoms with E-state index in [1.807, 2.05) is 0 Å². The molecule has 7 nitrogen and oxygen atoms in total. The molecule has 29 heavy (non-hydrogen) atoms. The minimum atomic E-state index is -0.504. The van der Waals surface area contributed by atoms with E-state index in [0.717, 1.165) is 29.5 Å². The first-order chi connectivity index (χ1) is 13.9. The molecule has 0 saturated carbocycles. The molecule has 3 rings (SSSR count). The molecule has 0 spiro atoms. The zero-order valence-electron chi connectivity index (χ0n) is 15.8. The number of thioether (sulfide) groups is 1. The predicted molar refractivity (Wildman–Crippen MR) is 111 cm³/mol. The molecule has 0 bridgehead atoms. The number of rotatable bonds is 6. The number of hydrogen-bond acceptors (Lipinski definition) is 6. The average molecular weight is 435 g/mol. The van der Waals surface area contributed by atoms with Crippen LogP contribution >= 0.6 is 23.4 Å². The van der Waals surface area contributed by atoms with Crippen LogP contribution in [0.15, 0.2) is 17.0 Å². The Balaban J connectivity index is 1.79. The van der Waals surface area contributed by atoms with Crippen molar-refractivity contribution in [1.82, 2.24) is 9.80 Å². The summed E-state index contributed by atoms with van der Waals surface area (Å²) in [6.45, 7) is 1.11. The van der Waals surface area contributed by atoms with E-state index in [1.165, 1.54) is 13.2 Å². The lowest BCUT2D eigenvalue weighted by molar-refractivity contribution is -0.135. The highest BCUT2D eigenvalue weighted by molar-refractivity contribution is 8.18. The number of likely N-dealkylation sites (tertiary alicyclic amines) is 1. The first kappa shape index (κ1) is 21.1. The van der Waals surface area contributed by atoms with Gasteiger partial charge in [0.2, 0.25) is 5.91 Å². The quantitative estimate of drug-likeness (QED) is 0.506. The summed E-state index contributed by atoms with van der Waals surface area (Å²) in [6.07, 6.45) is 8.62. The van der Waals surface area contributed by atoms with Crippen LogP contribution in [0.4, 0.5) is 4.79 Å². The van der Waals surface area contributed by atoms with Gasteiger partial charge in [0, 0.05) is 13.1 Å². The second-order valence-electron chi connectivity index (χ2n) is 6.38. The number of benzene rings is 1. The maximum Gasteiger partial charge on any atom is 0.294 e. The Kier molecular flexibility index (Phi) is 6.72. The Bertz CT molecular complexity index is 918. The first-order valence-electron chi connectivity index (χ1n) is 8.91. The molecule has 0 radical (unpaired) electrons. The van der Waals surface area contributed by atoms with Crippen LogP contribution in [-0.4, -0.2) is 60.2 Å². The van der Waals surface area contributed by atoms with Crippen molar-refractivity contribution in [1.29, 1.82) is 0 Å². The fourth-order valence-corrected chi connectivity index (χ4v) is 4.18. The monoisotopic (exact) mass is 434 g/mol. The zero-order valence-corrected chi connectivity index (χ0v) is 17.3. The number of terminal acetylenes is 1. The van der Waals surface area contributed by atoms with Gasteiger partial charge in [-0.3, -0.25) is 19.3 Å². The maximum absolute atomic E-state index is 12.7. The fourth-order valence-electron chi connectivity index (χ4n) is 3.07. The van der Waals surface area contributed by atoms with E-state index < -0.39 is 11.1 Å². The van der Waals surface area contributed by atoms with Crippen LogP contribution in [0, 0.1) is 12.3 Å². The number of methoxy groups -OCH3 is 1. The SMILES string of the molecule is C#CCOc1c(Cl)cc(C=C2SC(=O)N(CC(=O)N3CCCC3)C2=O)cc1OC. The van der Waals surface area contributed by atoms with Crippen LogP contribution in [0.1, 0.15) is 18.4 Å². The second kappa shape index (κ2) is 9.25. The molecular formula is C20H19ClN2O5S. The Morgan fingerprint density at radius 2 is 2.07 bits per heavy atom. The van der Waals surface area contributed by atoms with E-state index in [2.05, 4.69) is 5.92 Å². The van der Waals surface area contributed by atoms with Crippen LogP contribution in [0.25, 0.3) is 6.08 Å². The van der Waals surface area contributed by atoms with Crippen LogP contribution in [-0.2, 0) is 9.59 Å². The summed E-state index contributed by atoms with van der Waals surface area (Å²) in [5.41, 5.74) is 0.552. The molecule has 0 aromatic heterocycles. The van der Waals surface area contributed by atoms with Gasteiger partial charge in [0.15, 0.2) is 11.5 Å². The highest BCUT2D eigenvalue weighted by Gasteiger charge is 2.37. The third-order valence-corrected chi connectivity index (χ3v) is 5.66. The van der Waals surface area contributed by atoms with Gasteiger partial charge in [-0.1, -0.05) is 17.5 Å². The molecule has 2 aliphatic heterocycles. The molecule has 0 atom stereocenters. The van der Waals surface area contributed by atoms with Crippen LogP contribution < -0.4 is 9.47 Å². The first-order valence-corrected chi connectivity index (χ1v) is 10.1. The van der Waals surface area contributed by atoms with Gasteiger partial charge in [-0.25, -0.2) is 0 Å². The van der Waals surface area contributed by atoms with Crippen molar-refractivity contribution in [3.63, 3.8) is 0 Å². The zero-order chi connectivity index (χ0) is 21.0. The van der Waals surface area contributed by atoms with E-state index in [0.29, 0.717) is 30.2 Å². The Hall–Kier alpha value is -2.63. The summed E-state index contributed by atoms with van der Waals surface area (Å²) in [7, 11) is 1.45. The molecule has 0 N–H and O–H groups in total. The summed E-state index contributed by atoms with van der Waals surface area (Å²) < 4.78 is 10.7.